The van der Waals surface area contributed by atoms with Crippen LogP contribution in [0.1, 0.15) is 47.9 Å². The van der Waals surface area contributed by atoms with Crippen molar-refractivity contribution in [2.24, 2.45) is 0 Å². The fraction of sp³-hybridized carbons (Fsp3) is 0.500. The molecular formula is C20H26N4OS. The zero-order chi connectivity index (χ0) is 17.9. The first-order chi connectivity index (χ1) is 12.7. The molecule has 1 amide bonds. The Labute approximate surface area is 159 Å². The summed E-state index contributed by atoms with van der Waals surface area (Å²) in [5, 5.41) is 8.43. The number of benzene rings is 1. The van der Waals surface area contributed by atoms with Crippen molar-refractivity contribution in [2.75, 3.05) is 25.4 Å². The Kier molecular flexibility index (Phi) is 5.31. The average molecular weight is 371 g/mol. The van der Waals surface area contributed by atoms with Gasteiger partial charge in [-0.1, -0.05) is 37.3 Å². The van der Waals surface area contributed by atoms with Crippen molar-refractivity contribution < 1.29 is 4.79 Å². The Hall–Kier alpha value is -1.79. The average Bonchev–Trinajstić information content (AvgIpc) is 3.19. The largest absolute Gasteiger partial charge is 0.328 e. The lowest BCUT2D eigenvalue weighted by atomic mass is 10.0. The minimum Gasteiger partial charge on any atom is -0.328 e. The molecule has 4 rings (SSSR count). The van der Waals surface area contributed by atoms with E-state index in [2.05, 4.69) is 41.6 Å². The van der Waals surface area contributed by atoms with E-state index in [1.165, 1.54) is 5.56 Å². The van der Waals surface area contributed by atoms with Crippen LogP contribution in [0.5, 0.6) is 0 Å². The van der Waals surface area contributed by atoms with Crippen LogP contribution in [0.15, 0.2) is 42.6 Å². The van der Waals surface area contributed by atoms with Crippen LogP contribution in [0.25, 0.3) is 0 Å². The molecule has 1 N–H and O–H groups in total. The molecule has 0 radical (unpaired) electrons. The summed E-state index contributed by atoms with van der Waals surface area (Å²) in [7, 11) is 0. The summed E-state index contributed by atoms with van der Waals surface area (Å²) < 4.78 is 1.97. The fourth-order valence-corrected chi connectivity index (χ4v) is 5.17. The highest BCUT2D eigenvalue weighted by Crippen LogP contribution is 2.36. The molecule has 2 aliphatic heterocycles. The van der Waals surface area contributed by atoms with Crippen molar-refractivity contribution >= 4 is 17.7 Å². The summed E-state index contributed by atoms with van der Waals surface area (Å²) in [6.07, 6.45) is 4.24. The molecule has 3 unspecified atom stereocenters. The predicted molar refractivity (Wildman–Crippen MR) is 106 cm³/mol. The number of nitrogens with zero attached hydrogens (tertiary/aromatic N) is 3. The molecule has 0 aliphatic carbocycles. The Bertz CT molecular complexity index is 741. The lowest BCUT2D eigenvalue weighted by Crippen LogP contribution is -2.44. The van der Waals surface area contributed by atoms with Gasteiger partial charge in [-0.05, 0) is 31.0 Å². The minimum absolute atomic E-state index is 0.0496. The molecule has 3 atom stereocenters. The first-order valence-corrected chi connectivity index (χ1v) is 10.5. The van der Waals surface area contributed by atoms with Crippen LogP contribution in [-0.2, 0) is 0 Å². The second-order valence-corrected chi connectivity index (χ2v) is 8.60. The van der Waals surface area contributed by atoms with Gasteiger partial charge < -0.3 is 10.2 Å². The van der Waals surface area contributed by atoms with Crippen molar-refractivity contribution in [3.8, 4) is 0 Å². The third-order valence-electron chi connectivity index (χ3n) is 5.37. The van der Waals surface area contributed by atoms with Gasteiger partial charge >= 0.3 is 0 Å². The van der Waals surface area contributed by atoms with Crippen molar-refractivity contribution in [2.45, 2.75) is 37.1 Å². The Morgan fingerprint density at radius 1 is 1.27 bits per heavy atom. The number of amides is 1. The van der Waals surface area contributed by atoms with E-state index in [9.17, 15) is 4.79 Å². The monoisotopic (exact) mass is 370 g/mol. The third-order valence-corrected chi connectivity index (χ3v) is 6.57. The van der Waals surface area contributed by atoms with E-state index < -0.39 is 0 Å². The third kappa shape index (κ3) is 3.53. The molecule has 2 saturated heterocycles. The van der Waals surface area contributed by atoms with Gasteiger partial charge in [0.15, 0.2) is 0 Å². The number of carbonyl (C=O) groups is 1. The summed E-state index contributed by atoms with van der Waals surface area (Å²) >= 11 is 1.94. The zero-order valence-electron chi connectivity index (χ0n) is 15.2. The maximum atomic E-state index is 13.3. The Morgan fingerprint density at radius 3 is 2.88 bits per heavy atom. The summed E-state index contributed by atoms with van der Waals surface area (Å²) in [6, 6.07) is 12.7. The molecule has 0 bridgehead atoms. The highest BCUT2D eigenvalue weighted by molar-refractivity contribution is 8.00. The molecule has 2 fully saturated rings. The molecule has 2 aliphatic rings. The second-order valence-electron chi connectivity index (χ2n) is 7.11. The van der Waals surface area contributed by atoms with Crippen molar-refractivity contribution in [3.63, 3.8) is 0 Å². The summed E-state index contributed by atoms with van der Waals surface area (Å²) in [5.74, 6) is 1.03. The Morgan fingerprint density at radius 2 is 2.12 bits per heavy atom. The molecule has 1 aromatic heterocycles. The number of rotatable bonds is 3. The van der Waals surface area contributed by atoms with Gasteiger partial charge in [0.2, 0.25) is 0 Å². The number of thioether (sulfide) groups is 1. The van der Waals surface area contributed by atoms with Crippen LogP contribution >= 0.6 is 11.8 Å². The Balaban J connectivity index is 1.56. The predicted octanol–water partition coefficient (Wildman–Crippen LogP) is 3.13. The van der Waals surface area contributed by atoms with E-state index in [4.69, 9.17) is 0 Å². The topological polar surface area (TPSA) is 50.2 Å². The number of piperidine rings is 1. The van der Waals surface area contributed by atoms with Gasteiger partial charge in [0, 0.05) is 30.3 Å². The lowest BCUT2D eigenvalue weighted by molar-refractivity contribution is 0.0673. The number of nitrogens with one attached hydrogen (secondary N) is 1. The first kappa shape index (κ1) is 17.6. The molecule has 6 heteroatoms. The molecule has 26 heavy (non-hydrogen) atoms. The highest BCUT2D eigenvalue weighted by atomic mass is 32.2. The number of aromatic nitrogens is 2. The molecule has 138 valence electrons. The van der Waals surface area contributed by atoms with Crippen molar-refractivity contribution in [1.29, 1.82) is 0 Å². The van der Waals surface area contributed by atoms with Gasteiger partial charge in [0.1, 0.15) is 5.69 Å². The summed E-state index contributed by atoms with van der Waals surface area (Å²) in [6.45, 7) is 4.99. The van der Waals surface area contributed by atoms with E-state index in [0.717, 1.165) is 38.2 Å². The van der Waals surface area contributed by atoms with Gasteiger partial charge in [-0.25, -0.2) is 0 Å². The van der Waals surface area contributed by atoms with Gasteiger partial charge in [-0.2, -0.15) is 16.9 Å². The van der Waals surface area contributed by atoms with Crippen LogP contribution in [0.4, 0.5) is 0 Å². The lowest BCUT2D eigenvalue weighted by Gasteiger charge is -2.39. The molecular weight excluding hydrogens is 344 g/mol. The SMILES string of the molecule is CC1SCCN(C(=O)c2ccn(C3CCCNC3)n2)C1c1ccccc1. The maximum Gasteiger partial charge on any atom is 0.274 e. The smallest absolute Gasteiger partial charge is 0.274 e. The molecule has 1 aromatic carbocycles. The van der Waals surface area contributed by atoms with Gasteiger partial charge in [-0.3, -0.25) is 9.48 Å². The van der Waals surface area contributed by atoms with Gasteiger partial charge in [0.25, 0.3) is 5.91 Å². The van der Waals surface area contributed by atoms with E-state index in [0.29, 0.717) is 17.0 Å². The van der Waals surface area contributed by atoms with E-state index in [1.54, 1.807) is 0 Å². The molecule has 0 spiro atoms. The van der Waals surface area contributed by atoms with E-state index >= 15 is 0 Å². The van der Waals surface area contributed by atoms with Gasteiger partial charge in [0.05, 0.1) is 12.1 Å². The van der Waals surface area contributed by atoms with Crippen LogP contribution < -0.4 is 5.32 Å². The van der Waals surface area contributed by atoms with Crippen LogP contribution in [0.2, 0.25) is 0 Å². The van der Waals surface area contributed by atoms with Gasteiger partial charge in [-0.15, -0.1) is 0 Å². The zero-order valence-corrected chi connectivity index (χ0v) is 16.0. The van der Waals surface area contributed by atoms with Crippen LogP contribution in [0.3, 0.4) is 0 Å². The standard InChI is InChI=1S/C20H26N4OS/c1-15-19(16-6-3-2-4-7-16)23(12-13-26-15)20(25)18-9-11-24(22-18)17-8-5-10-21-14-17/h2-4,6-7,9,11,15,17,19,21H,5,8,10,12-14H2,1H3. The van der Waals surface area contributed by atoms with Crippen molar-refractivity contribution in [3.05, 3.63) is 53.9 Å². The number of hydrogen-bond donors (Lipinski definition) is 1. The normalized spacial score (nSPS) is 26.7. The van der Waals surface area contributed by atoms with Crippen molar-refractivity contribution in [1.82, 2.24) is 20.0 Å². The molecule has 3 heterocycles. The molecule has 5 nitrogen and oxygen atoms in total. The molecule has 0 saturated carbocycles. The second kappa shape index (κ2) is 7.84. The summed E-state index contributed by atoms with van der Waals surface area (Å²) in [4.78, 5) is 15.3. The van der Waals surface area contributed by atoms with E-state index in [-0.39, 0.29) is 11.9 Å². The van der Waals surface area contributed by atoms with Crippen LogP contribution in [0, 0.1) is 0 Å². The highest BCUT2D eigenvalue weighted by Gasteiger charge is 2.35. The number of hydrogen-bond acceptors (Lipinski definition) is 4. The number of carbonyl (C=O) groups excluding carboxylic acids is 1. The quantitative estimate of drug-likeness (QED) is 0.902. The fourth-order valence-electron chi connectivity index (χ4n) is 4.01. The minimum atomic E-state index is 0.0496. The molecule has 2 aromatic rings. The van der Waals surface area contributed by atoms with Crippen LogP contribution in [-0.4, -0.2) is 51.2 Å². The summed E-state index contributed by atoms with van der Waals surface area (Å²) in [5.41, 5.74) is 1.77. The van der Waals surface area contributed by atoms with E-state index in [1.807, 2.05) is 39.7 Å². The first-order valence-electron chi connectivity index (χ1n) is 9.47. The maximum absolute atomic E-state index is 13.3.